The Hall–Kier alpha value is -3.24. The largest absolute Gasteiger partial charge is 0.497 e. The standard InChI is InChI=1S/C20H27N7O3/c1-26(2)18-17-19(24-11-23-18)27(12-25-17)10-14(28)9-22-20(29)16(21)8-13-4-6-15(30-3)7-5-13/h4-7,11-12,14,16,28H,8-10,21H2,1-3H3,(H,22,29). The number of aliphatic hydroxyl groups excluding tert-OH is 1. The van der Waals surface area contributed by atoms with E-state index in [0.717, 1.165) is 11.3 Å². The number of methoxy groups -OCH3 is 1. The first-order chi connectivity index (χ1) is 14.4. The van der Waals surface area contributed by atoms with Crippen molar-refractivity contribution < 1.29 is 14.6 Å². The summed E-state index contributed by atoms with van der Waals surface area (Å²) in [5.74, 6) is 1.12. The highest BCUT2D eigenvalue weighted by atomic mass is 16.5. The molecular weight excluding hydrogens is 386 g/mol. The van der Waals surface area contributed by atoms with Gasteiger partial charge in [-0.3, -0.25) is 4.79 Å². The summed E-state index contributed by atoms with van der Waals surface area (Å²) in [6, 6.07) is 6.67. The van der Waals surface area contributed by atoms with Gasteiger partial charge in [-0.15, -0.1) is 0 Å². The minimum atomic E-state index is -0.822. The molecule has 2 unspecified atom stereocenters. The number of nitrogens with one attached hydrogen (secondary N) is 1. The van der Waals surface area contributed by atoms with Crippen LogP contribution < -0.4 is 20.7 Å². The van der Waals surface area contributed by atoms with Crippen LogP contribution in [0.25, 0.3) is 11.2 Å². The molecule has 0 bridgehead atoms. The third-order valence-corrected chi connectivity index (χ3v) is 4.68. The number of anilines is 1. The van der Waals surface area contributed by atoms with Gasteiger partial charge in [0.2, 0.25) is 5.91 Å². The number of fused-ring (bicyclic) bond motifs is 1. The third-order valence-electron chi connectivity index (χ3n) is 4.68. The third kappa shape index (κ3) is 5.02. The molecule has 3 rings (SSSR count). The molecule has 0 spiro atoms. The topological polar surface area (TPSA) is 131 Å². The maximum absolute atomic E-state index is 12.3. The lowest BCUT2D eigenvalue weighted by Crippen LogP contribution is -2.45. The van der Waals surface area contributed by atoms with Crippen molar-refractivity contribution in [2.24, 2.45) is 5.73 Å². The number of nitrogens with two attached hydrogens (primary N) is 1. The normalized spacial score (nSPS) is 13.1. The van der Waals surface area contributed by atoms with Crippen LogP contribution in [0.5, 0.6) is 5.75 Å². The van der Waals surface area contributed by atoms with Crippen molar-refractivity contribution in [3.63, 3.8) is 0 Å². The molecule has 0 saturated carbocycles. The minimum absolute atomic E-state index is 0.0699. The molecule has 10 nitrogen and oxygen atoms in total. The van der Waals surface area contributed by atoms with Crippen LogP contribution in [-0.2, 0) is 17.8 Å². The lowest BCUT2D eigenvalue weighted by Gasteiger charge is -2.16. The fraction of sp³-hybridized carbons (Fsp3) is 0.400. The van der Waals surface area contributed by atoms with E-state index in [2.05, 4.69) is 20.3 Å². The van der Waals surface area contributed by atoms with Crippen molar-refractivity contribution in [3.05, 3.63) is 42.5 Å². The molecule has 2 aromatic heterocycles. The quantitative estimate of drug-likeness (QED) is 0.445. The van der Waals surface area contributed by atoms with E-state index in [9.17, 15) is 9.90 Å². The molecule has 0 aliphatic rings. The molecule has 0 saturated heterocycles. The number of aromatic nitrogens is 4. The van der Waals surface area contributed by atoms with E-state index in [1.54, 1.807) is 18.0 Å². The SMILES string of the molecule is COc1ccc(CC(N)C(=O)NCC(O)Cn2cnc3c(N(C)C)ncnc32)cc1. The number of imidazole rings is 1. The van der Waals surface area contributed by atoms with Crippen LogP contribution >= 0.6 is 0 Å². The van der Waals surface area contributed by atoms with Crippen molar-refractivity contribution in [1.82, 2.24) is 24.8 Å². The molecule has 3 aromatic rings. The fourth-order valence-corrected chi connectivity index (χ4v) is 3.08. The zero-order chi connectivity index (χ0) is 21.7. The number of carbonyl (C=O) groups excluding carboxylic acids is 1. The van der Waals surface area contributed by atoms with E-state index in [1.807, 2.05) is 43.3 Å². The molecule has 4 N–H and O–H groups in total. The van der Waals surface area contributed by atoms with Gasteiger partial charge in [0.15, 0.2) is 17.0 Å². The molecular formula is C20H27N7O3. The first-order valence-corrected chi connectivity index (χ1v) is 9.56. The van der Waals surface area contributed by atoms with Crippen LogP contribution in [0.2, 0.25) is 0 Å². The van der Waals surface area contributed by atoms with Gasteiger partial charge in [-0.05, 0) is 24.1 Å². The second-order valence-electron chi connectivity index (χ2n) is 7.22. The summed E-state index contributed by atoms with van der Waals surface area (Å²) in [4.78, 5) is 27.0. The van der Waals surface area contributed by atoms with Crippen molar-refractivity contribution in [2.75, 3.05) is 32.6 Å². The highest BCUT2D eigenvalue weighted by Crippen LogP contribution is 2.19. The summed E-state index contributed by atoms with van der Waals surface area (Å²) in [6.45, 7) is 0.300. The van der Waals surface area contributed by atoms with Gasteiger partial charge < -0.3 is 30.4 Å². The second kappa shape index (κ2) is 9.51. The molecule has 0 radical (unpaired) electrons. The van der Waals surface area contributed by atoms with E-state index in [0.29, 0.717) is 23.4 Å². The Balaban J connectivity index is 1.53. The van der Waals surface area contributed by atoms with Crippen molar-refractivity contribution in [1.29, 1.82) is 0 Å². The Morgan fingerprint density at radius 1 is 1.27 bits per heavy atom. The van der Waals surface area contributed by atoms with Gasteiger partial charge in [0.1, 0.15) is 12.1 Å². The summed E-state index contributed by atoms with van der Waals surface area (Å²) >= 11 is 0. The Morgan fingerprint density at radius 3 is 2.67 bits per heavy atom. The predicted molar refractivity (Wildman–Crippen MR) is 113 cm³/mol. The molecule has 0 aliphatic carbocycles. The Bertz CT molecular complexity index is 988. The molecule has 1 aromatic carbocycles. The molecule has 1 amide bonds. The fourth-order valence-electron chi connectivity index (χ4n) is 3.08. The first-order valence-electron chi connectivity index (χ1n) is 9.56. The Labute approximate surface area is 174 Å². The summed E-state index contributed by atoms with van der Waals surface area (Å²) in [6.07, 6.45) is 2.63. The second-order valence-corrected chi connectivity index (χ2v) is 7.22. The lowest BCUT2D eigenvalue weighted by molar-refractivity contribution is -0.122. The van der Waals surface area contributed by atoms with Gasteiger partial charge in [0.05, 0.1) is 32.1 Å². The maximum atomic E-state index is 12.3. The van der Waals surface area contributed by atoms with Gasteiger partial charge >= 0.3 is 0 Å². The average Bonchev–Trinajstić information content (AvgIpc) is 3.15. The van der Waals surface area contributed by atoms with E-state index in [-0.39, 0.29) is 19.0 Å². The summed E-state index contributed by atoms with van der Waals surface area (Å²) in [5.41, 5.74) is 8.20. The summed E-state index contributed by atoms with van der Waals surface area (Å²) < 4.78 is 6.85. The summed E-state index contributed by atoms with van der Waals surface area (Å²) in [7, 11) is 5.35. The highest BCUT2D eigenvalue weighted by molar-refractivity contribution is 5.83. The zero-order valence-corrected chi connectivity index (χ0v) is 17.3. The number of carbonyl (C=O) groups is 1. The van der Waals surface area contributed by atoms with Crippen LogP contribution in [0.3, 0.4) is 0 Å². The molecule has 2 atom stereocenters. The van der Waals surface area contributed by atoms with E-state index >= 15 is 0 Å². The number of amides is 1. The maximum Gasteiger partial charge on any atom is 0.237 e. The molecule has 0 fully saturated rings. The molecule has 10 heteroatoms. The van der Waals surface area contributed by atoms with Gasteiger partial charge in [-0.1, -0.05) is 12.1 Å². The highest BCUT2D eigenvalue weighted by Gasteiger charge is 2.17. The summed E-state index contributed by atoms with van der Waals surface area (Å²) in [5, 5.41) is 13.1. The Morgan fingerprint density at radius 2 is 2.00 bits per heavy atom. The van der Waals surface area contributed by atoms with E-state index in [4.69, 9.17) is 10.5 Å². The molecule has 0 aliphatic heterocycles. The molecule has 30 heavy (non-hydrogen) atoms. The molecule has 2 heterocycles. The number of hydrogen-bond donors (Lipinski definition) is 3. The number of ether oxygens (including phenoxy) is 1. The van der Waals surface area contributed by atoms with Gasteiger partial charge in [0, 0.05) is 20.6 Å². The first kappa shape index (κ1) is 21.5. The number of hydrogen-bond acceptors (Lipinski definition) is 8. The lowest BCUT2D eigenvalue weighted by atomic mass is 10.1. The number of aliphatic hydroxyl groups is 1. The Kier molecular flexibility index (Phi) is 6.80. The zero-order valence-electron chi connectivity index (χ0n) is 17.3. The van der Waals surface area contributed by atoms with E-state index in [1.165, 1.54) is 6.33 Å². The van der Waals surface area contributed by atoms with Gasteiger partial charge in [0.25, 0.3) is 0 Å². The van der Waals surface area contributed by atoms with Crippen LogP contribution in [-0.4, -0.2) is 70.4 Å². The van der Waals surface area contributed by atoms with Crippen molar-refractivity contribution >= 4 is 22.9 Å². The van der Waals surface area contributed by atoms with Gasteiger partial charge in [-0.2, -0.15) is 0 Å². The average molecular weight is 413 g/mol. The minimum Gasteiger partial charge on any atom is -0.497 e. The number of rotatable bonds is 9. The number of nitrogens with zero attached hydrogens (tertiary/aromatic N) is 5. The van der Waals surface area contributed by atoms with E-state index < -0.39 is 12.1 Å². The van der Waals surface area contributed by atoms with Crippen LogP contribution in [0.1, 0.15) is 5.56 Å². The van der Waals surface area contributed by atoms with Gasteiger partial charge in [-0.25, -0.2) is 15.0 Å². The monoisotopic (exact) mass is 413 g/mol. The predicted octanol–water partition coefficient (Wildman–Crippen LogP) is -0.0520. The smallest absolute Gasteiger partial charge is 0.237 e. The van der Waals surface area contributed by atoms with Crippen molar-refractivity contribution in [3.8, 4) is 5.75 Å². The number of benzene rings is 1. The van der Waals surface area contributed by atoms with Crippen LogP contribution in [0.15, 0.2) is 36.9 Å². The van der Waals surface area contributed by atoms with Crippen LogP contribution in [0, 0.1) is 0 Å². The van der Waals surface area contributed by atoms with Crippen LogP contribution in [0.4, 0.5) is 5.82 Å². The van der Waals surface area contributed by atoms with Crippen molar-refractivity contribution in [2.45, 2.75) is 25.1 Å². The molecule has 160 valence electrons.